The van der Waals surface area contributed by atoms with E-state index in [0.29, 0.717) is 10.0 Å². The quantitative estimate of drug-likeness (QED) is 0.590. The van der Waals surface area contributed by atoms with Gasteiger partial charge in [-0.15, -0.1) is 0 Å². The third-order valence-corrected chi connectivity index (χ3v) is 2.11. The van der Waals surface area contributed by atoms with Crippen LogP contribution < -0.4 is 0 Å². The number of halogens is 3. The normalized spacial score (nSPS) is 10.7. The lowest BCUT2D eigenvalue weighted by molar-refractivity contribution is -0.107. The van der Waals surface area contributed by atoms with Gasteiger partial charge in [0.25, 0.3) is 0 Å². The molecule has 0 unspecified atom stereocenters. The fourth-order valence-electron chi connectivity index (χ4n) is 0.804. The number of carbonyl (C=O) groups is 1. The van der Waals surface area contributed by atoms with Crippen LogP contribution in [0.1, 0.15) is 5.56 Å². The van der Waals surface area contributed by atoms with Gasteiger partial charge >= 0.3 is 0 Å². The first-order valence-corrected chi connectivity index (χ1v) is 4.60. The lowest BCUT2D eigenvalue weighted by Crippen LogP contribution is -1.84. The molecule has 1 nitrogen and oxygen atoms in total. The van der Waals surface area contributed by atoms with Gasteiger partial charge in [-0.05, 0) is 45.7 Å². The van der Waals surface area contributed by atoms with E-state index in [1.807, 2.05) is 0 Å². The van der Waals surface area contributed by atoms with E-state index in [2.05, 4.69) is 15.9 Å². The van der Waals surface area contributed by atoms with Gasteiger partial charge in [0, 0.05) is 5.56 Å². The van der Waals surface area contributed by atoms with E-state index in [4.69, 9.17) is 11.6 Å². The molecule has 68 valence electrons. The summed E-state index contributed by atoms with van der Waals surface area (Å²) in [7, 11) is 0. The van der Waals surface area contributed by atoms with E-state index in [1.54, 1.807) is 18.2 Å². The van der Waals surface area contributed by atoms with E-state index in [0.717, 1.165) is 6.08 Å². The van der Waals surface area contributed by atoms with E-state index in [1.165, 1.54) is 6.08 Å². The molecule has 0 saturated heterocycles. The molecule has 1 aromatic carbocycles. The predicted molar refractivity (Wildman–Crippen MR) is 54.0 cm³/mol. The molecule has 0 aromatic heterocycles. The first kappa shape index (κ1) is 10.4. The molecular weight excluding hydrogens is 258 g/mol. The highest BCUT2D eigenvalue weighted by Crippen LogP contribution is 2.19. The Morgan fingerprint density at radius 1 is 1.54 bits per heavy atom. The monoisotopic (exact) mass is 262 g/mol. The van der Waals surface area contributed by atoms with Crippen molar-refractivity contribution in [2.24, 2.45) is 0 Å². The van der Waals surface area contributed by atoms with Gasteiger partial charge in [0.2, 0.25) is 5.24 Å². The number of hydrogen-bond donors (Lipinski definition) is 0. The average molecular weight is 263 g/mol. The Bertz CT molecular complexity index is 363. The van der Waals surface area contributed by atoms with Crippen LogP contribution >= 0.6 is 27.5 Å². The van der Waals surface area contributed by atoms with Crippen LogP contribution in [-0.2, 0) is 4.79 Å². The van der Waals surface area contributed by atoms with Crippen LogP contribution in [0.3, 0.4) is 0 Å². The summed E-state index contributed by atoms with van der Waals surface area (Å²) in [6.07, 6.45) is 2.43. The lowest BCUT2D eigenvalue weighted by Gasteiger charge is -1.97. The molecule has 0 amide bonds. The van der Waals surface area contributed by atoms with Crippen molar-refractivity contribution in [2.45, 2.75) is 0 Å². The van der Waals surface area contributed by atoms with Crippen molar-refractivity contribution in [3.63, 3.8) is 0 Å². The smallest absolute Gasteiger partial charge is 0.245 e. The standard InChI is InChI=1S/C9H5BrClFO/c10-7-3-1-2-6(9(7)12)4-5-8(11)13/h1-5H. The van der Waals surface area contributed by atoms with Gasteiger partial charge in [0.1, 0.15) is 5.82 Å². The largest absolute Gasteiger partial charge is 0.276 e. The molecule has 0 aliphatic rings. The Morgan fingerprint density at radius 3 is 2.85 bits per heavy atom. The Hall–Kier alpha value is -0.670. The van der Waals surface area contributed by atoms with Crippen LogP contribution in [-0.4, -0.2) is 5.24 Å². The maximum absolute atomic E-state index is 13.2. The molecule has 0 N–H and O–H groups in total. The molecule has 0 aliphatic heterocycles. The van der Waals surface area contributed by atoms with Crippen molar-refractivity contribution in [3.05, 3.63) is 40.1 Å². The molecule has 13 heavy (non-hydrogen) atoms. The van der Waals surface area contributed by atoms with Gasteiger partial charge in [-0.1, -0.05) is 12.1 Å². The molecule has 0 aliphatic carbocycles. The second kappa shape index (κ2) is 4.53. The molecule has 0 heterocycles. The van der Waals surface area contributed by atoms with Crippen LogP contribution in [0, 0.1) is 5.82 Å². The molecule has 4 heteroatoms. The minimum atomic E-state index is -0.626. The van der Waals surface area contributed by atoms with Gasteiger partial charge in [-0.2, -0.15) is 0 Å². The first-order chi connectivity index (χ1) is 6.11. The fraction of sp³-hybridized carbons (Fsp3) is 0. The molecule has 0 bridgehead atoms. The van der Waals surface area contributed by atoms with Gasteiger partial charge < -0.3 is 0 Å². The van der Waals surface area contributed by atoms with E-state index >= 15 is 0 Å². The van der Waals surface area contributed by atoms with Gasteiger partial charge in [-0.25, -0.2) is 4.39 Å². The van der Waals surface area contributed by atoms with Crippen molar-refractivity contribution in [2.75, 3.05) is 0 Å². The maximum Gasteiger partial charge on any atom is 0.245 e. The molecule has 0 saturated carbocycles. The highest BCUT2D eigenvalue weighted by Gasteiger charge is 2.02. The van der Waals surface area contributed by atoms with Crippen LogP contribution in [0.5, 0.6) is 0 Å². The van der Waals surface area contributed by atoms with Crippen LogP contribution in [0.2, 0.25) is 0 Å². The number of hydrogen-bond acceptors (Lipinski definition) is 1. The van der Waals surface area contributed by atoms with Crippen LogP contribution in [0.25, 0.3) is 6.08 Å². The van der Waals surface area contributed by atoms with Crippen molar-refractivity contribution < 1.29 is 9.18 Å². The molecule has 1 rings (SSSR count). The Labute approximate surface area is 88.3 Å². The summed E-state index contributed by atoms with van der Waals surface area (Å²) in [5.41, 5.74) is 0.323. The molecule has 0 radical (unpaired) electrons. The molecule has 1 aromatic rings. The minimum absolute atomic E-state index is 0.323. The van der Waals surface area contributed by atoms with E-state index in [-0.39, 0.29) is 0 Å². The Balaban J connectivity index is 3.02. The van der Waals surface area contributed by atoms with Crippen molar-refractivity contribution >= 4 is 38.8 Å². The number of allylic oxidation sites excluding steroid dienone is 1. The number of rotatable bonds is 2. The summed E-state index contributed by atoms with van der Waals surface area (Å²) in [5.74, 6) is -0.406. The zero-order valence-electron chi connectivity index (χ0n) is 6.43. The average Bonchev–Trinajstić information content (AvgIpc) is 2.07. The highest BCUT2D eigenvalue weighted by molar-refractivity contribution is 9.10. The summed E-state index contributed by atoms with van der Waals surface area (Å²) < 4.78 is 13.6. The Morgan fingerprint density at radius 2 is 2.23 bits per heavy atom. The zero-order valence-corrected chi connectivity index (χ0v) is 8.77. The van der Waals surface area contributed by atoms with Gasteiger partial charge in [0.05, 0.1) is 4.47 Å². The maximum atomic E-state index is 13.2. The number of carbonyl (C=O) groups excluding carboxylic acids is 1. The summed E-state index contributed by atoms with van der Waals surface area (Å²) in [4.78, 5) is 10.4. The lowest BCUT2D eigenvalue weighted by atomic mass is 10.2. The minimum Gasteiger partial charge on any atom is -0.276 e. The highest BCUT2D eigenvalue weighted by atomic mass is 79.9. The van der Waals surface area contributed by atoms with E-state index < -0.39 is 11.1 Å². The third kappa shape index (κ3) is 2.94. The van der Waals surface area contributed by atoms with Crippen molar-refractivity contribution in [1.82, 2.24) is 0 Å². The summed E-state index contributed by atoms with van der Waals surface area (Å²) in [5, 5.41) is -0.626. The molecule has 0 spiro atoms. The van der Waals surface area contributed by atoms with Gasteiger partial charge in [0.15, 0.2) is 0 Å². The summed E-state index contributed by atoms with van der Waals surface area (Å²) in [6.45, 7) is 0. The van der Waals surface area contributed by atoms with Crippen LogP contribution in [0.4, 0.5) is 4.39 Å². The van der Waals surface area contributed by atoms with Crippen molar-refractivity contribution in [1.29, 1.82) is 0 Å². The number of benzene rings is 1. The van der Waals surface area contributed by atoms with E-state index in [9.17, 15) is 9.18 Å². The topological polar surface area (TPSA) is 17.1 Å². The van der Waals surface area contributed by atoms with Gasteiger partial charge in [-0.3, -0.25) is 4.79 Å². The molecular formula is C9H5BrClFO. The molecule has 0 fully saturated rings. The van der Waals surface area contributed by atoms with Crippen molar-refractivity contribution in [3.8, 4) is 0 Å². The zero-order chi connectivity index (χ0) is 9.84. The fourth-order valence-corrected chi connectivity index (χ4v) is 1.25. The first-order valence-electron chi connectivity index (χ1n) is 3.43. The van der Waals surface area contributed by atoms with Crippen LogP contribution in [0.15, 0.2) is 28.7 Å². The second-order valence-corrected chi connectivity index (χ2v) is 3.51. The second-order valence-electron chi connectivity index (χ2n) is 2.28. The summed E-state index contributed by atoms with van der Waals surface area (Å²) >= 11 is 8.09. The SMILES string of the molecule is O=C(Cl)C=Cc1cccc(Br)c1F. The predicted octanol–water partition coefficient (Wildman–Crippen LogP) is 3.37. The third-order valence-electron chi connectivity index (χ3n) is 1.38. The summed E-state index contributed by atoms with van der Waals surface area (Å²) in [6, 6.07) is 4.80. The Kier molecular flexibility index (Phi) is 3.63. The molecule has 0 atom stereocenters.